The van der Waals surface area contributed by atoms with Crippen LogP contribution in [0.5, 0.6) is 0 Å². The van der Waals surface area contributed by atoms with Crippen LogP contribution >= 0.6 is 11.6 Å². The first kappa shape index (κ1) is 17.5. The van der Waals surface area contributed by atoms with E-state index in [0.29, 0.717) is 11.5 Å². The average molecular weight is 296 g/mol. The molecule has 1 N–H and O–H groups in total. The predicted molar refractivity (Wildman–Crippen MR) is 90.7 cm³/mol. The zero-order valence-corrected chi connectivity index (χ0v) is 14.5. The molecule has 0 heterocycles. The van der Waals surface area contributed by atoms with Crippen LogP contribution in [0.15, 0.2) is 18.2 Å². The summed E-state index contributed by atoms with van der Waals surface area (Å²) in [4.78, 5) is 0. The van der Waals surface area contributed by atoms with Crippen molar-refractivity contribution in [2.24, 2.45) is 5.41 Å². The average Bonchev–Trinajstić information content (AvgIpc) is 2.34. The Morgan fingerprint density at radius 3 is 2.50 bits per heavy atom. The molecule has 1 rings (SSSR count). The minimum absolute atomic E-state index is 0.312. The van der Waals surface area contributed by atoms with E-state index in [0.717, 1.165) is 18.0 Å². The highest BCUT2D eigenvalue weighted by Gasteiger charge is 2.23. The van der Waals surface area contributed by atoms with Crippen LogP contribution in [0.3, 0.4) is 0 Å². The molecule has 0 fully saturated rings. The smallest absolute Gasteiger partial charge is 0.0440 e. The Balaban J connectivity index is 2.51. The Kier molecular flexibility index (Phi) is 7.05. The molecule has 1 aromatic rings. The zero-order valence-electron chi connectivity index (χ0n) is 13.7. The number of aryl methyl sites for hydroxylation is 2. The highest BCUT2D eigenvalue weighted by molar-refractivity contribution is 6.31. The Morgan fingerprint density at radius 1 is 1.25 bits per heavy atom. The van der Waals surface area contributed by atoms with Gasteiger partial charge in [0.1, 0.15) is 0 Å². The molecular weight excluding hydrogens is 266 g/mol. The molecule has 1 nitrogen and oxygen atoms in total. The quantitative estimate of drug-likeness (QED) is 0.711. The third-order valence-electron chi connectivity index (χ3n) is 3.83. The molecule has 0 saturated carbocycles. The fraction of sp³-hybridized carbons (Fsp3) is 0.667. The molecule has 0 amide bonds. The maximum atomic E-state index is 6.30. The molecule has 0 radical (unpaired) electrons. The number of hydrogen-bond donors (Lipinski definition) is 1. The lowest BCUT2D eigenvalue weighted by atomic mass is 9.83. The van der Waals surface area contributed by atoms with Gasteiger partial charge in [-0.15, -0.1) is 0 Å². The molecule has 0 bridgehead atoms. The van der Waals surface area contributed by atoms with E-state index in [1.165, 1.54) is 30.4 Å². The van der Waals surface area contributed by atoms with Crippen LogP contribution in [-0.2, 0) is 6.42 Å². The third-order valence-corrected chi connectivity index (χ3v) is 4.19. The van der Waals surface area contributed by atoms with E-state index in [2.05, 4.69) is 58.1 Å². The van der Waals surface area contributed by atoms with E-state index >= 15 is 0 Å². The first-order chi connectivity index (χ1) is 9.34. The molecule has 0 aliphatic rings. The first-order valence-electron chi connectivity index (χ1n) is 7.83. The molecule has 114 valence electrons. The summed E-state index contributed by atoms with van der Waals surface area (Å²) >= 11 is 6.30. The first-order valence-corrected chi connectivity index (χ1v) is 8.20. The van der Waals surface area contributed by atoms with Crippen LogP contribution in [0.2, 0.25) is 5.02 Å². The van der Waals surface area contributed by atoms with Gasteiger partial charge in [0.05, 0.1) is 0 Å². The summed E-state index contributed by atoms with van der Waals surface area (Å²) in [7, 11) is 0. The van der Waals surface area contributed by atoms with Crippen LogP contribution in [0.25, 0.3) is 0 Å². The summed E-state index contributed by atoms with van der Waals surface area (Å²) < 4.78 is 0. The van der Waals surface area contributed by atoms with Crippen LogP contribution < -0.4 is 5.32 Å². The second-order valence-corrected chi connectivity index (χ2v) is 7.27. The maximum Gasteiger partial charge on any atom is 0.0440 e. The van der Waals surface area contributed by atoms with Gasteiger partial charge in [0.25, 0.3) is 0 Å². The molecular formula is C18H30ClN. The Bertz CT molecular complexity index is 406. The highest BCUT2D eigenvalue weighted by atomic mass is 35.5. The molecule has 0 aliphatic heterocycles. The molecule has 1 atom stereocenters. The molecule has 0 spiro atoms. The molecule has 0 aliphatic carbocycles. The van der Waals surface area contributed by atoms with Gasteiger partial charge in [-0.3, -0.25) is 0 Å². The Morgan fingerprint density at radius 2 is 1.95 bits per heavy atom. The summed E-state index contributed by atoms with van der Waals surface area (Å²) in [5, 5.41) is 4.60. The minimum atomic E-state index is 0.312. The molecule has 0 aromatic heterocycles. The van der Waals surface area contributed by atoms with Crippen molar-refractivity contribution >= 4 is 11.6 Å². The SMILES string of the molecule is CCCNC(CCCc1ccc(C)cc1Cl)C(C)(C)C. The maximum absolute atomic E-state index is 6.30. The Labute approximate surface area is 130 Å². The number of nitrogens with one attached hydrogen (secondary N) is 1. The summed E-state index contributed by atoms with van der Waals surface area (Å²) in [6.45, 7) is 12.4. The van der Waals surface area contributed by atoms with Crippen molar-refractivity contribution in [1.82, 2.24) is 5.32 Å². The van der Waals surface area contributed by atoms with E-state index in [9.17, 15) is 0 Å². The fourth-order valence-corrected chi connectivity index (χ4v) is 2.84. The number of hydrogen-bond acceptors (Lipinski definition) is 1. The van der Waals surface area contributed by atoms with Crippen LogP contribution in [0.1, 0.15) is 58.1 Å². The van der Waals surface area contributed by atoms with Crippen molar-refractivity contribution in [1.29, 1.82) is 0 Å². The second kappa shape index (κ2) is 8.05. The zero-order chi connectivity index (χ0) is 15.2. The van der Waals surface area contributed by atoms with Crippen LogP contribution in [0, 0.1) is 12.3 Å². The van der Waals surface area contributed by atoms with Gasteiger partial charge >= 0.3 is 0 Å². The number of halogens is 1. The van der Waals surface area contributed by atoms with Crippen molar-refractivity contribution in [3.05, 3.63) is 34.3 Å². The van der Waals surface area contributed by atoms with E-state index in [1.807, 2.05) is 0 Å². The normalized spacial score (nSPS) is 13.5. The second-order valence-electron chi connectivity index (χ2n) is 6.86. The van der Waals surface area contributed by atoms with Crippen LogP contribution in [-0.4, -0.2) is 12.6 Å². The minimum Gasteiger partial charge on any atom is -0.313 e. The molecule has 0 saturated heterocycles. The van der Waals surface area contributed by atoms with Gasteiger partial charge in [-0.1, -0.05) is 51.4 Å². The molecule has 2 heteroatoms. The van der Waals surface area contributed by atoms with Gasteiger partial charge in [-0.25, -0.2) is 0 Å². The third kappa shape index (κ3) is 5.85. The van der Waals surface area contributed by atoms with E-state index in [4.69, 9.17) is 11.6 Å². The van der Waals surface area contributed by atoms with Gasteiger partial charge in [0.2, 0.25) is 0 Å². The van der Waals surface area contributed by atoms with Crippen molar-refractivity contribution in [2.45, 2.75) is 66.3 Å². The van der Waals surface area contributed by atoms with Crippen LogP contribution in [0.4, 0.5) is 0 Å². The van der Waals surface area contributed by atoms with Gasteiger partial charge in [-0.05, 0) is 61.8 Å². The van der Waals surface area contributed by atoms with Crippen molar-refractivity contribution in [3.63, 3.8) is 0 Å². The van der Waals surface area contributed by atoms with Gasteiger partial charge in [0, 0.05) is 11.1 Å². The molecule has 1 unspecified atom stereocenters. The summed E-state index contributed by atoms with van der Waals surface area (Å²) in [5.74, 6) is 0. The lowest BCUT2D eigenvalue weighted by molar-refractivity contribution is 0.251. The van der Waals surface area contributed by atoms with E-state index < -0.39 is 0 Å². The summed E-state index contributed by atoms with van der Waals surface area (Å²) in [6, 6.07) is 6.96. The summed E-state index contributed by atoms with van der Waals surface area (Å²) in [5.41, 5.74) is 2.82. The predicted octanol–water partition coefficient (Wildman–Crippen LogP) is 5.39. The van der Waals surface area contributed by atoms with Gasteiger partial charge < -0.3 is 5.32 Å². The van der Waals surface area contributed by atoms with Crippen molar-refractivity contribution in [2.75, 3.05) is 6.54 Å². The molecule has 20 heavy (non-hydrogen) atoms. The summed E-state index contributed by atoms with van der Waals surface area (Å²) in [6.07, 6.45) is 4.64. The largest absolute Gasteiger partial charge is 0.313 e. The lowest BCUT2D eigenvalue weighted by Gasteiger charge is -2.32. The van der Waals surface area contributed by atoms with Gasteiger partial charge in [-0.2, -0.15) is 0 Å². The van der Waals surface area contributed by atoms with Crippen molar-refractivity contribution in [3.8, 4) is 0 Å². The number of rotatable bonds is 7. The van der Waals surface area contributed by atoms with E-state index in [-0.39, 0.29) is 0 Å². The van der Waals surface area contributed by atoms with E-state index in [1.54, 1.807) is 0 Å². The standard InChI is InChI=1S/C18H30ClN/c1-6-12-20-17(18(3,4)5)9-7-8-15-11-10-14(2)13-16(15)19/h10-11,13,17,20H,6-9,12H2,1-5H3. The lowest BCUT2D eigenvalue weighted by Crippen LogP contribution is -2.40. The van der Waals surface area contributed by atoms with Crippen molar-refractivity contribution < 1.29 is 0 Å². The van der Waals surface area contributed by atoms with Gasteiger partial charge in [0.15, 0.2) is 0 Å². The molecule has 1 aromatic carbocycles. The number of benzene rings is 1. The monoisotopic (exact) mass is 295 g/mol. The topological polar surface area (TPSA) is 12.0 Å². The fourth-order valence-electron chi connectivity index (χ4n) is 2.51. The highest BCUT2D eigenvalue weighted by Crippen LogP contribution is 2.25. The Hall–Kier alpha value is -0.530.